The summed E-state index contributed by atoms with van der Waals surface area (Å²) in [5.74, 6) is 2.56. The highest BCUT2D eigenvalue weighted by Gasteiger charge is 2.26. The molecule has 0 aromatic rings. The number of hydrogen-bond acceptors (Lipinski definition) is 4. The molecule has 0 aromatic heterocycles. The molecule has 2 rings (SSSR count). The first-order valence-electron chi connectivity index (χ1n) is 6.08. The maximum absolute atomic E-state index is 4.62. The van der Waals surface area contributed by atoms with Crippen LogP contribution < -0.4 is 5.32 Å². The second kappa shape index (κ2) is 5.21. The first-order valence-corrected chi connectivity index (χ1v) is 8.12. The third kappa shape index (κ3) is 3.88. The molecule has 0 spiro atoms. The Hall–Kier alpha value is 0.170. The lowest BCUT2D eigenvalue weighted by molar-refractivity contribution is 0.375. The number of amidine groups is 1. The van der Waals surface area contributed by atoms with Crippen LogP contribution in [0.3, 0.4) is 0 Å². The molecule has 0 radical (unpaired) electrons. The monoisotopic (exact) mass is 258 g/mol. The molecule has 0 aromatic carbocycles. The van der Waals surface area contributed by atoms with Gasteiger partial charge in [0.25, 0.3) is 0 Å². The third-order valence-electron chi connectivity index (χ3n) is 2.81. The minimum Gasteiger partial charge on any atom is -0.361 e. The lowest BCUT2D eigenvalue weighted by Crippen LogP contribution is -2.32. The summed E-state index contributed by atoms with van der Waals surface area (Å²) in [6.45, 7) is 7.94. The minimum absolute atomic E-state index is 0.422. The topological polar surface area (TPSA) is 24.4 Å². The number of nitrogens with zero attached hydrogens (tertiary/aromatic N) is 1. The van der Waals surface area contributed by atoms with Crippen molar-refractivity contribution in [3.8, 4) is 0 Å². The Bertz CT molecular complexity index is 265. The molecule has 0 saturated carbocycles. The number of rotatable bonds is 2. The quantitative estimate of drug-likeness (QED) is 0.824. The Kier molecular flexibility index (Phi) is 4.11. The molecule has 2 nitrogen and oxygen atoms in total. The molecule has 2 unspecified atom stereocenters. The molecule has 1 saturated heterocycles. The Labute approximate surface area is 107 Å². The van der Waals surface area contributed by atoms with E-state index in [9.17, 15) is 0 Å². The van der Waals surface area contributed by atoms with Crippen LogP contribution in [0.15, 0.2) is 4.99 Å². The maximum Gasteiger partial charge on any atom is 0.157 e. The van der Waals surface area contributed by atoms with Gasteiger partial charge in [-0.25, -0.2) is 0 Å². The fourth-order valence-electron chi connectivity index (χ4n) is 2.11. The van der Waals surface area contributed by atoms with Gasteiger partial charge in [0.1, 0.15) is 0 Å². The third-order valence-corrected chi connectivity index (χ3v) is 5.10. The molecule has 92 valence electrons. The van der Waals surface area contributed by atoms with Crippen molar-refractivity contribution in [1.82, 2.24) is 5.32 Å². The normalized spacial score (nSPS) is 30.6. The highest BCUT2D eigenvalue weighted by atomic mass is 32.2. The van der Waals surface area contributed by atoms with Crippen LogP contribution in [0, 0.1) is 5.41 Å². The zero-order valence-corrected chi connectivity index (χ0v) is 12.1. The first kappa shape index (κ1) is 12.6. The molecular formula is C12H22N2S2. The van der Waals surface area contributed by atoms with Crippen LogP contribution in [0.1, 0.15) is 33.6 Å². The molecule has 0 bridgehead atoms. The molecule has 1 fully saturated rings. The number of thioether (sulfide) groups is 2. The van der Waals surface area contributed by atoms with Crippen molar-refractivity contribution in [1.29, 1.82) is 0 Å². The second-order valence-corrected chi connectivity index (χ2v) is 8.29. The fraction of sp³-hybridized carbons (Fsp3) is 0.917. The van der Waals surface area contributed by atoms with Crippen LogP contribution >= 0.6 is 23.5 Å². The van der Waals surface area contributed by atoms with E-state index in [-0.39, 0.29) is 0 Å². The Morgan fingerprint density at radius 1 is 1.44 bits per heavy atom. The van der Waals surface area contributed by atoms with Crippen molar-refractivity contribution in [3.63, 3.8) is 0 Å². The van der Waals surface area contributed by atoms with E-state index >= 15 is 0 Å². The summed E-state index contributed by atoms with van der Waals surface area (Å²) in [6, 6.07) is 0.671. The Balaban J connectivity index is 1.74. The van der Waals surface area contributed by atoms with Crippen LogP contribution in [-0.2, 0) is 0 Å². The summed E-state index contributed by atoms with van der Waals surface area (Å²) < 4.78 is 0. The summed E-state index contributed by atoms with van der Waals surface area (Å²) in [6.07, 6.45) is 2.56. The highest BCUT2D eigenvalue weighted by molar-refractivity contribution is 8.14. The van der Waals surface area contributed by atoms with Gasteiger partial charge in [0.2, 0.25) is 0 Å². The van der Waals surface area contributed by atoms with Crippen molar-refractivity contribution in [3.05, 3.63) is 0 Å². The van der Waals surface area contributed by atoms with Gasteiger partial charge in [-0.15, -0.1) is 0 Å². The predicted octanol–water partition coefficient (Wildman–Crippen LogP) is 2.99. The molecule has 2 aliphatic heterocycles. The van der Waals surface area contributed by atoms with E-state index in [2.05, 4.69) is 31.1 Å². The lowest BCUT2D eigenvalue weighted by Gasteiger charge is -2.21. The largest absolute Gasteiger partial charge is 0.361 e. The molecule has 4 heteroatoms. The van der Waals surface area contributed by atoms with Crippen molar-refractivity contribution in [2.45, 2.75) is 44.9 Å². The van der Waals surface area contributed by atoms with Gasteiger partial charge in [-0.2, -0.15) is 11.8 Å². The summed E-state index contributed by atoms with van der Waals surface area (Å²) in [5, 5.41) is 5.47. The van der Waals surface area contributed by atoms with Gasteiger partial charge in [-0.3, -0.25) is 4.99 Å². The highest BCUT2D eigenvalue weighted by Crippen LogP contribution is 2.32. The minimum atomic E-state index is 0.422. The van der Waals surface area contributed by atoms with Crippen LogP contribution in [0.2, 0.25) is 0 Å². The molecule has 2 aliphatic rings. The fourth-order valence-corrected chi connectivity index (χ4v) is 4.69. The standard InChI is InChI=1S/C12H22N2S2/c1-12(2,3)6-10-7-13-11(16-10)14-9-4-5-15-8-9/h9-10H,4-8H2,1-3H3,(H,13,14). The van der Waals surface area contributed by atoms with E-state index in [1.165, 1.54) is 29.5 Å². The summed E-state index contributed by atoms with van der Waals surface area (Å²) in [7, 11) is 0. The Morgan fingerprint density at radius 2 is 2.25 bits per heavy atom. The van der Waals surface area contributed by atoms with Gasteiger partial charge >= 0.3 is 0 Å². The molecular weight excluding hydrogens is 236 g/mol. The lowest BCUT2D eigenvalue weighted by atomic mass is 9.90. The van der Waals surface area contributed by atoms with Crippen LogP contribution in [0.25, 0.3) is 0 Å². The number of aliphatic imine (C=N–C) groups is 1. The molecule has 16 heavy (non-hydrogen) atoms. The molecule has 1 N–H and O–H groups in total. The van der Waals surface area contributed by atoms with E-state index in [0.29, 0.717) is 16.7 Å². The van der Waals surface area contributed by atoms with E-state index in [1.807, 2.05) is 23.5 Å². The van der Waals surface area contributed by atoms with Gasteiger partial charge in [-0.05, 0) is 24.0 Å². The average molecular weight is 258 g/mol. The molecule has 2 atom stereocenters. The van der Waals surface area contributed by atoms with Crippen molar-refractivity contribution in [2.24, 2.45) is 10.4 Å². The molecule has 2 heterocycles. The van der Waals surface area contributed by atoms with Gasteiger partial charge in [0, 0.05) is 17.0 Å². The Morgan fingerprint density at radius 3 is 2.88 bits per heavy atom. The van der Waals surface area contributed by atoms with Crippen molar-refractivity contribution in [2.75, 3.05) is 18.1 Å². The van der Waals surface area contributed by atoms with Crippen molar-refractivity contribution >= 4 is 28.7 Å². The van der Waals surface area contributed by atoms with Crippen LogP contribution in [0.4, 0.5) is 0 Å². The SMILES string of the molecule is CC(C)(C)CC1CN=C(NC2CCSC2)S1. The van der Waals surface area contributed by atoms with Gasteiger partial charge in [0.05, 0.1) is 6.54 Å². The number of hydrogen-bond donors (Lipinski definition) is 1. The van der Waals surface area contributed by atoms with Crippen molar-refractivity contribution < 1.29 is 0 Å². The smallest absolute Gasteiger partial charge is 0.157 e. The molecule has 0 amide bonds. The summed E-state index contributed by atoms with van der Waals surface area (Å²) in [5.41, 5.74) is 0.422. The van der Waals surface area contributed by atoms with Gasteiger partial charge in [-0.1, -0.05) is 32.5 Å². The summed E-state index contributed by atoms with van der Waals surface area (Å²) >= 11 is 4.00. The predicted molar refractivity (Wildman–Crippen MR) is 76.6 cm³/mol. The van der Waals surface area contributed by atoms with Gasteiger partial charge in [0.15, 0.2) is 5.17 Å². The van der Waals surface area contributed by atoms with E-state index in [1.54, 1.807) is 0 Å². The second-order valence-electron chi connectivity index (χ2n) is 5.86. The number of nitrogens with one attached hydrogen (secondary N) is 1. The molecule has 0 aliphatic carbocycles. The van der Waals surface area contributed by atoms with E-state index < -0.39 is 0 Å². The zero-order chi connectivity index (χ0) is 11.6. The zero-order valence-electron chi connectivity index (χ0n) is 10.5. The first-order chi connectivity index (χ1) is 7.53. The van der Waals surface area contributed by atoms with Crippen LogP contribution in [-0.4, -0.2) is 34.5 Å². The van der Waals surface area contributed by atoms with Crippen LogP contribution in [0.5, 0.6) is 0 Å². The van der Waals surface area contributed by atoms with E-state index in [0.717, 1.165) is 6.54 Å². The maximum atomic E-state index is 4.62. The average Bonchev–Trinajstić information content (AvgIpc) is 2.75. The van der Waals surface area contributed by atoms with E-state index in [4.69, 9.17) is 0 Å². The summed E-state index contributed by atoms with van der Waals surface area (Å²) in [4.78, 5) is 4.62. The van der Waals surface area contributed by atoms with Gasteiger partial charge < -0.3 is 5.32 Å².